The summed E-state index contributed by atoms with van der Waals surface area (Å²) >= 11 is 0. The van der Waals surface area contributed by atoms with E-state index >= 15 is 0 Å². The van der Waals surface area contributed by atoms with E-state index in [9.17, 15) is 9.59 Å². The van der Waals surface area contributed by atoms with Crippen molar-refractivity contribution in [2.24, 2.45) is 0 Å². The Morgan fingerprint density at radius 3 is 2.76 bits per heavy atom. The summed E-state index contributed by atoms with van der Waals surface area (Å²) in [6, 6.07) is 1.77. The summed E-state index contributed by atoms with van der Waals surface area (Å²) in [4.78, 5) is 34.1. The molecule has 0 aliphatic carbocycles. The number of piperazine rings is 1. The first kappa shape index (κ1) is 15.2. The van der Waals surface area contributed by atoms with Crippen LogP contribution >= 0.6 is 0 Å². The predicted octanol–water partition coefficient (Wildman–Crippen LogP) is 0.848. The lowest BCUT2D eigenvalue weighted by Crippen LogP contribution is -2.64. The summed E-state index contributed by atoms with van der Waals surface area (Å²) in [5.74, 6) is 1.24. The van der Waals surface area contributed by atoms with Gasteiger partial charge in [0.1, 0.15) is 23.0 Å². The maximum atomic E-state index is 12.0. The second-order valence-corrected chi connectivity index (χ2v) is 5.61. The average Bonchev–Trinajstić information content (AvgIpc) is 2.40. The highest BCUT2D eigenvalue weighted by Gasteiger charge is 2.41. The molecular formula is C14H21N5O2. The number of aryl methyl sites for hydroxylation is 1. The summed E-state index contributed by atoms with van der Waals surface area (Å²) in [5, 5.41) is 5.56. The van der Waals surface area contributed by atoms with Crippen LogP contribution in [0.3, 0.4) is 0 Å². The molecule has 1 aromatic rings. The van der Waals surface area contributed by atoms with Crippen molar-refractivity contribution >= 4 is 23.5 Å². The van der Waals surface area contributed by atoms with Crippen LogP contribution in [0.5, 0.6) is 0 Å². The molecule has 2 heterocycles. The van der Waals surface area contributed by atoms with E-state index in [1.165, 1.54) is 0 Å². The second-order valence-electron chi connectivity index (χ2n) is 5.61. The lowest BCUT2D eigenvalue weighted by Gasteiger charge is -2.41. The minimum atomic E-state index is -0.837. The number of amides is 2. The van der Waals surface area contributed by atoms with Crippen molar-refractivity contribution in [2.45, 2.75) is 39.7 Å². The Morgan fingerprint density at radius 2 is 2.10 bits per heavy atom. The number of carbonyl (C=O) groups is 2. The molecular weight excluding hydrogens is 270 g/mol. The molecule has 0 unspecified atom stereocenters. The molecule has 114 valence electrons. The minimum absolute atomic E-state index is 0.0996. The Kier molecular flexibility index (Phi) is 4.11. The molecule has 1 saturated heterocycles. The molecule has 21 heavy (non-hydrogen) atoms. The van der Waals surface area contributed by atoms with E-state index < -0.39 is 5.54 Å². The van der Waals surface area contributed by atoms with E-state index in [-0.39, 0.29) is 18.4 Å². The van der Waals surface area contributed by atoms with Gasteiger partial charge in [-0.15, -0.1) is 0 Å². The quantitative estimate of drug-likeness (QED) is 0.800. The van der Waals surface area contributed by atoms with Crippen molar-refractivity contribution in [1.29, 1.82) is 0 Å². The van der Waals surface area contributed by atoms with Crippen LogP contribution < -0.4 is 15.5 Å². The molecule has 0 saturated carbocycles. The second kappa shape index (κ2) is 5.67. The summed E-state index contributed by atoms with van der Waals surface area (Å²) in [5.41, 5.74) is -0.837. The van der Waals surface area contributed by atoms with Crippen molar-refractivity contribution in [3.05, 3.63) is 11.9 Å². The molecule has 0 spiro atoms. The van der Waals surface area contributed by atoms with Crippen molar-refractivity contribution in [2.75, 3.05) is 23.3 Å². The van der Waals surface area contributed by atoms with Gasteiger partial charge in [-0.2, -0.15) is 0 Å². The Bertz CT molecular complexity index is 570. The Balaban J connectivity index is 2.37. The molecule has 0 atom stereocenters. The topological polar surface area (TPSA) is 87.2 Å². The number of carbonyl (C=O) groups excluding carboxylic acids is 2. The number of nitrogens with zero attached hydrogens (tertiary/aromatic N) is 3. The lowest BCUT2D eigenvalue weighted by molar-refractivity contribution is -0.135. The number of hydrogen-bond acceptors (Lipinski definition) is 6. The molecule has 2 amide bonds. The highest BCUT2D eigenvalue weighted by molar-refractivity contribution is 6.06. The van der Waals surface area contributed by atoms with E-state index in [1.54, 1.807) is 31.7 Å². The molecule has 0 bridgehead atoms. The van der Waals surface area contributed by atoms with E-state index in [2.05, 4.69) is 27.5 Å². The molecule has 1 aliphatic heterocycles. The van der Waals surface area contributed by atoms with Crippen LogP contribution in [0.25, 0.3) is 0 Å². The van der Waals surface area contributed by atoms with Gasteiger partial charge in [-0.25, -0.2) is 9.97 Å². The molecule has 1 aromatic heterocycles. The number of aromatic nitrogens is 2. The van der Waals surface area contributed by atoms with E-state index in [4.69, 9.17) is 0 Å². The number of rotatable bonds is 4. The number of nitrogens with one attached hydrogen (secondary N) is 2. The molecule has 0 radical (unpaired) electrons. The Morgan fingerprint density at radius 1 is 1.38 bits per heavy atom. The fourth-order valence-electron chi connectivity index (χ4n) is 2.18. The van der Waals surface area contributed by atoms with Crippen LogP contribution in [-0.4, -0.2) is 40.4 Å². The average molecular weight is 291 g/mol. The standard InChI is InChI=1S/C14H21N5O2/c1-5-6-15-10-7-11(17-9(2)16-10)19-8-12(20)18-13(21)14(19,3)4/h7H,5-6,8H2,1-4H3,(H,15,16,17)(H,18,20,21). The van der Waals surface area contributed by atoms with Crippen LogP contribution in [0.1, 0.15) is 33.0 Å². The molecule has 1 fully saturated rings. The van der Waals surface area contributed by atoms with Gasteiger partial charge in [0.15, 0.2) is 0 Å². The van der Waals surface area contributed by atoms with Crippen molar-refractivity contribution in [3.8, 4) is 0 Å². The van der Waals surface area contributed by atoms with Crippen LogP contribution in [0, 0.1) is 6.92 Å². The van der Waals surface area contributed by atoms with Gasteiger partial charge in [0.2, 0.25) is 5.91 Å². The predicted molar refractivity (Wildman–Crippen MR) is 80.1 cm³/mol. The Labute approximate surface area is 124 Å². The third kappa shape index (κ3) is 3.12. The van der Waals surface area contributed by atoms with Gasteiger partial charge in [-0.3, -0.25) is 14.9 Å². The molecule has 2 rings (SSSR count). The van der Waals surface area contributed by atoms with Crippen molar-refractivity contribution < 1.29 is 9.59 Å². The van der Waals surface area contributed by atoms with Crippen molar-refractivity contribution in [1.82, 2.24) is 15.3 Å². The van der Waals surface area contributed by atoms with Crippen LogP contribution in [-0.2, 0) is 9.59 Å². The van der Waals surface area contributed by atoms with Crippen LogP contribution in [0.4, 0.5) is 11.6 Å². The van der Waals surface area contributed by atoms with Gasteiger partial charge in [0.05, 0.1) is 6.54 Å². The van der Waals surface area contributed by atoms with Gasteiger partial charge in [0, 0.05) is 12.6 Å². The molecule has 1 aliphatic rings. The highest BCUT2D eigenvalue weighted by atomic mass is 16.2. The lowest BCUT2D eigenvalue weighted by atomic mass is 9.99. The maximum Gasteiger partial charge on any atom is 0.251 e. The van der Waals surface area contributed by atoms with E-state index in [0.717, 1.165) is 13.0 Å². The van der Waals surface area contributed by atoms with Gasteiger partial charge in [-0.1, -0.05) is 6.92 Å². The summed E-state index contributed by atoms with van der Waals surface area (Å²) in [6.07, 6.45) is 0.981. The van der Waals surface area contributed by atoms with E-state index in [1.807, 2.05) is 0 Å². The summed E-state index contributed by atoms with van der Waals surface area (Å²) in [7, 11) is 0. The first-order chi connectivity index (χ1) is 9.84. The van der Waals surface area contributed by atoms with Gasteiger partial charge in [-0.05, 0) is 27.2 Å². The van der Waals surface area contributed by atoms with Gasteiger partial charge >= 0.3 is 0 Å². The zero-order chi connectivity index (χ0) is 15.6. The molecule has 0 aromatic carbocycles. The number of anilines is 2. The van der Waals surface area contributed by atoms with Crippen LogP contribution in [0.15, 0.2) is 6.07 Å². The summed E-state index contributed by atoms with van der Waals surface area (Å²) < 4.78 is 0. The highest BCUT2D eigenvalue weighted by Crippen LogP contribution is 2.26. The zero-order valence-corrected chi connectivity index (χ0v) is 12.9. The largest absolute Gasteiger partial charge is 0.370 e. The normalized spacial score (nSPS) is 17.6. The third-order valence-corrected chi connectivity index (χ3v) is 3.44. The molecule has 2 N–H and O–H groups in total. The van der Waals surface area contributed by atoms with Gasteiger partial charge < -0.3 is 10.2 Å². The SMILES string of the molecule is CCCNc1cc(N2CC(=O)NC(=O)C2(C)C)nc(C)n1. The third-order valence-electron chi connectivity index (χ3n) is 3.44. The fraction of sp³-hybridized carbons (Fsp3) is 0.571. The van der Waals surface area contributed by atoms with Crippen molar-refractivity contribution in [3.63, 3.8) is 0 Å². The van der Waals surface area contributed by atoms with E-state index in [0.29, 0.717) is 17.5 Å². The smallest absolute Gasteiger partial charge is 0.251 e. The number of hydrogen-bond donors (Lipinski definition) is 2. The van der Waals surface area contributed by atoms with Crippen LogP contribution in [0.2, 0.25) is 0 Å². The summed E-state index contributed by atoms with van der Waals surface area (Å²) in [6.45, 7) is 8.30. The Hall–Kier alpha value is -2.18. The number of imide groups is 1. The first-order valence-corrected chi connectivity index (χ1v) is 7.06. The molecule has 7 heteroatoms. The van der Waals surface area contributed by atoms with Gasteiger partial charge in [0.25, 0.3) is 5.91 Å². The zero-order valence-electron chi connectivity index (χ0n) is 12.9. The monoisotopic (exact) mass is 291 g/mol. The fourth-order valence-corrected chi connectivity index (χ4v) is 2.18. The first-order valence-electron chi connectivity index (χ1n) is 7.06. The maximum absolute atomic E-state index is 12.0. The minimum Gasteiger partial charge on any atom is -0.370 e. The molecule has 7 nitrogen and oxygen atoms in total.